The number of aliphatic imine (C=N–C) groups is 1. The van der Waals surface area contributed by atoms with E-state index in [1.807, 2.05) is 18.5 Å². The van der Waals surface area contributed by atoms with Crippen LogP contribution in [0.25, 0.3) is 0 Å². The van der Waals surface area contributed by atoms with Gasteiger partial charge in [0, 0.05) is 64.8 Å². The molecule has 0 aromatic carbocycles. The lowest BCUT2D eigenvalue weighted by atomic mass is 10.1. The van der Waals surface area contributed by atoms with E-state index in [1.165, 1.54) is 32.4 Å². The molecule has 1 aromatic rings. The molecule has 2 aliphatic heterocycles. The van der Waals surface area contributed by atoms with Crippen molar-refractivity contribution >= 4 is 35.9 Å². The van der Waals surface area contributed by atoms with Crippen molar-refractivity contribution in [2.45, 2.75) is 26.2 Å². The van der Waals surface area contributed by atoms with Gasteiger partial charge < -0.3 is 20.4 Å². The van der Waals surface area contributed by atoms with Gasteiger partial charge in [0.25, 0.3) is 0 Å². The van der Waals surface area contributed by atoms with E-state index in [1.54, 1.807) is 0 Å². The van der Waals surface area contributed by atoms with Gasteiger partial charge in [0.1, 0.15) is 0 Å². The number of guanidine groups is 1. The summed E-state index contributed by atoms with van der Waals surface area (Å²) in [6, 6.07) is 1.86. The van der Waals surface area contributed by atoms with Gasteiger partial charge in [-0.15, -0.1) is 24.0 Å². The number of halogens is 1. The molecule has 2 fully saturated rings. The largest absolute Gasteiger partial charge is 0.357 e. The highest BCUT2D eigenvalue weighted by molar-refractivity contribution is 14.0. The molecule has 29 heavy (non-hydrogen) atoms. The molecule has 0 saturated carbocycles. The predicted molar refractivity (Wildman–Crippen MR) is 130 cm³/mol. The second-order valence-electron chi connectivity index (χ2n) is 7.47. The van der Waals surface area contributed by atoms with E-state index >= 15 is 0 Å². The summed E-state index contributed by atoms with van der Waals surface area (Å²) in [5.74, 6) is 1.78. The molecule has 0 spiro atoms. The maximum Gasteiger partial charge on any atom is 0.225 e. The first kappa shape index (κ1) is 24.1. The van der Waals surface area contributed by atoms with Crippen molar-refractivity contribution in [2.75, 3.05) is 76.9 Å². The number of piperazine rings is 1. The average Bonchev–Trinajstić information content (AvgIpc) is 2.76. The van der Waals surface area contributed by atoms with E-state index in [4.69, 9.17) is 4.99 Å². The van der Waals surface area contributed by atoms with Crippen LogP contribution in [0.15, 0.2) is 23.5 Å². The Balaban J connectivity index is 0.00000300. The van der Waals surface area contributed by atoms with Crippen LogP contribution in [0.1, 0.15) is 26.2 Å². The van der Waals surface area contributed by atoms with E-state index in [2.05, 4.69) is 42.2 Å². The Hall–Kier alpha value is -1.20. The number of hydrogen-bond acceptors (Lipinski definition) is 6. The molecule has 0 amide bonds. The number of anilines is 1. The van der Waals surface area contributed by atoms with Crippen molar-refractivity contribution in [2.24, 2.45) is 4.99 Å². The van der Waals surface area contributed by atoms with Gasteiger partial charge in [-0.05, 0) is 38.9 Å². The zero-order valence-electron chi connectivity index (χ0n) is 17.7. The summed E-state index contributed by atoms with van der Waals surface area (Å²) in [4.78, 5) is 20.7. The summed E-state index contributed by atoms with van der Waals surface area (Å²) in [6.45, 7) is 13.4. The zero-order chi connectivity index (χ0) is 19.4. The van der Waals surface area contributed by atoms with Crippen molar-refractivity contribution in [1.82, 2.24) is 30.4 Å². The van der Waals surface area contributed by atoms with Crippen LogP contribution in [0, 0.1) is 0 Å². The highest BCUT2D eigenvalue weighted by Gasteiger charge is 2.18. The summed E-state index contributed by atoms with van der Waals surface area (Å²) >= 11 is 0. The molecule has 3 rings (SSSR count). The molecule has 1 aromatic heterocycles. The van der Waals surface area contributed by atoms with Crippen molar-refractivity contribution in [3.8, 4) is 0 Å². The van der Waals surface area contributed by atoms with Crippen molar-refractivity contribution in [1.29, 1.82) is 0 Å². The van der Waals surface area contributed by atoms with Crippen LogP contribution in [0.2, 0.25) is 0 Å². The Labute approximate surface area is 192 Å². The number of hydrogen-bond donors (Lipinski definition) is 2. The fourth-order valence-corrected chi connectivity index (χ4v) is 3.79. The van der Waals surface area contributed by atoms with Gasteiger partial charge in [-0.3, -0.25) is 9.89 Å². The number of likely N-dealkylation sites (tertiary alicyclic amines) is 1. The second-order valence-corrected chi connectivity index (χ2v) is 7.47. The summed E-state index contributed by atoms with van der Waals surface area (Å²) < 4.78 is 0. The number of aromatic nitrogens is 2. The minimum absolute atomic E-state index is 0. The van der Waals surface area contributed by atoms with Crippen LogP contribution in [-0.4, -0.2) is 97.7 Å². The Bertz CT molecular complexity index is 571. The van der Waals surface area contributed by atoms with E-state index in [-0.39, 0.29) is 24.0 Å². The maximum absolute atomic E-state index is 4.76. The lowest BCUT2D eigenvalue weighted by Crippen LogP contribution is -2.48. The van der Waals surface area contributed by atoms with Gasteiger partial charge in [0.15, 0.2) is 5.96 Å². The van der Waals surface area contributed by atoms with Gasteiger partial charge in [0.05, 0.1) is 6.54 Å². The van der Waals surface area contributed by atoms with E-state index < -0.39 is 0 Å². The Kier molecular flexibility index (Phi) is 11.6. The SMILES string of the molecule is CCNC(=NCCN1CCN(c2ncccn2)CC1)NCCN1CCCCC1.I. The number of rotatable bonds is 8. The number of nitrogens with one attached hydrogen (secondary N) is 2. The Morgan fingerprint density at radius 1 is 0.931 bits per heavy atom. The Morgan fingerprint density at radius 3 is 2.31 bits per heavy atom. The van der Waals surface area contributed by atoms with Crippen LogP contribution in [0.4, 0.5) is 5.95 Å². The molecule has 164 valence electrons. The molecule has 0 bridgehead atoms. The van der Waals surface area contributed by atoms with Crippen LogP contribution in [-0.2, 0) is 0 Å². The summed E-state index contributed by atoms with van der Waals surface area (Å²) in [5.41, 5.74) is 0. The molecule has 0 aliphatic carbocycles. The van der Waals surface area contributed by atoms with Crippen LogP contribution in [0.5, 0.6) is 0 Å². The summed E-state index contributed by atoms with van der Waals surface area (Å²) in [5, 5.41) is 6.85. The molecule has 2 saturated heterocycles. The predicted octanol–water partition coefficient (Wildman–Crippen LogP) is 1.26. The van der Waals surface area contributed by atoms with Crippen LogP contribution in [0.3, 0.4) is 0 Å². The lowest BCUT2D eigenvalue weighted by Gasteiger charge is -2.34. The van der Waals surface area contributed by atoms with Crippen molar-refractivity contribution in [3.63, 3.8) is 0 Å². The minimum atomic E-state index is 0. The van der Waals surface area contributed by atoms with Crippen molar-refractivity contribution < 1.29 is 0 Å². The highest BCUT2D eigenvalue weighted by Crippen LogP contribution is 2.09. The summed E-state index contributed by atoms with van der Waals surface area (Å²) in [6.07, 6.45) is 7.70. The summed E-state index contributed by atoms with van der Waals surface area (Å²) in [7, 11) is 0. The van der Waals surface area contributed by atoms with Gasteiger partial charge in [-0.25, -0.2) is 9.97 Å². The van der Waals surface area contributed by atoms with E-state index in [0.29, 0.717) is 0 Å². The lowest BCUT2D eigenvalue weighted by molar-refractivity contribution is 0.232. The molecule has 2 N–H and O–H groups in total. The first-order valence-corrected chi connectivity index (χ1v) is 10.8. The molecule has 8 nitrogen and oxygen atoms in total. The van der Waals surface area contributed by atoms with E-state index in [0.717, 1.165) is 70.8 Å². The van der Waals surface area contributed by atoms with Gasteiger partial charge >= 0.3 is 0 Å². The third-order valence-corrected chi connectivity index (χ3v) is 5.41. The number of piperidine rings is 1. The monoisotopic (exact) mass is 516 g/mol. The zero-order valence-corrected chi connectivity index (χ0v) is 20.1. The Morgan fingerprint density at radius 2 is 1.62 bits per heavy atom. The molecular formula is C20H37IN8. The van der Waals surface area contributed by atoms with Crippen molar-refractivity contribution in [3.05, 3.63) is 18.5 Å². The molecule has 3 heterocycles. The molecule has 9 heteroatoms. The first-order chi connectivity index (χ1) is 13.8. The normalized spacial score (nSPS) is 18.9. The third kappa shape index (κ3) is 8.59. The first-order valence-electron chi connectivity index (χ1n) is 10.8. The molecule has 0 radical (unpaired) electrons. The van der Waals surface area contributed by atoms with Gasteiger partial charge in [-0.1, -0.05) is 6.42 Å². The minimum Gasteiger partial charge on any atom is -0.357 e. The van der Waals surface area contributed by atoms with Crippen LogP contribution < -0.4 is 15.5 Å². The fraction of sp³-hybridized carbons (Fsp3) is 0.750. The molecule has 2 aliphatic rings. The molecule has 0 atom stereocenters. The molecule has 0 unspecified atom stereocenters. The quantitative estimate of drug-likeness (QED) is 0.306. The third-order valence-electron chi connectivity index (χ3n) is 5.41. The standard InChI is InChI=1S/C20H36N8.HI/c1-2-21-19(22-9-13-26-11-4-3-5-12-26)23-10-14-27-15-17-28(18-16-27)20-24-7-6-8-25-20;/h6-8H,2-5,9-18H2,1H3,(H2,21,22,23);1H. The number of nitrogens with zero attached hydrogens (tertiary/aromatic N) is 6. The van der Waals surface area contributed by atoms with Crippen LogP contribution >= 0.6 is 24.0 Å². The van der Waals surface area contributed by atoms with Gasteiger partial charge in [-0.2, -0.15) is 0 Å². The maximum atomic E-state index is 4.76. The topological polar surface area (TPSA) is 71.9 Å². The molecular weight excluding hydrogens is 479 g/mol. The smallest absolute Gasteiger partial charge is 0.225 e. The van der Waals surface area contributed by atoms with E-state index in [9.17, 15) is 0 Å². The highest BCUT2D eigenvalue weighted by atomic mass is 127. The second kappa shape index (κ2) is 13.9. The fourth-order valence-electron chi connectivity index (χ4n) is 3.79. The average molecular weight is 516 g/mol. The van der Waals surface area contributed by atoms with Gasteiger partial charge in [0.2, 0.25) is 5.95 Å².